The van der Waals surface area contributed by atoms with Crippen molar-refractivity contribution < 1.29 is 52.6 Å². The third-order valence-electron chi connectivity index (χ3n) is 13.1. The van der Waals surface area contributed by atoms with Gasteiger partial charge in [-0.2, -0.15) is 0 Å². The summed E-state index contributed by atoms with van der Waals surface area (Å²) < 4.78 is 41.5. The number of para-hydroxylation sites is 2. The molecular weight excluding hydrogens is 895 g/mol. The van der Waals surface area contributed by atoms with Gasteiger partial charge in [0, 0.05) is 82.0 Å². The Bertz CT molecular complexity index is 2760. The van der Waals surface area contributed by atoms with Gasteiger partial charge >= 0.3 is 5.97 Å². The topological polar surface area (TPSA) is 161 Å². The zero-order chi connectivity index (χ0) is 48.7. The summed E-state index contributed by atoms with van der Waals surface area (Å²) in [5.41, 5.74) is 8.64. The van der Waals surface area contributed by atoms with Gasteiger partial charge < -0.3 is 53.0 Å². The highest BCUT2D eigenvalue weighted by Gasteiger charge is 2.40. The van der Waals surface area contributed by atoms with E-state index in [1.54, 1.807) is 44.4 Å². The maximum atomic E-state index is 14.3. The Morgan fingerprint density at radius 1 is 0.686 bits per heavy atom. The molecule has 0 radical (unpaired) electrons. The monoisotopic (exact) mass is 953 g/mol. The number of methoxy groups -OCH3 is 3. The molecule has 4 heterocycles. The molecule has 70 heavy (non-hydrogen) atoms. The van der Waals surface area contributed by atoms with Crippen LogP contribution in [-0.2, 0) is 45.1 Å². The fourth-order valence-corrected chi connectivity index (χ4v) is 9.77. The van der Waals surface area contributed by atoms with Gasteiger partial charge in [-0.3, -0.25) is 24.3 Å². The van der Waals surface area contributed by atoms with E-state index in [9.17, 15) is 19.5 Å². The highest BCUT2D eigenvalue weighted by atomic mass is 16.5. The summed E-state index contributed by atoms with van der Waals surface area (Å²) in [6, 6.07) is 28.8. The predicted molar refractivity (Wildman–Crippen MR) is 267 cm³/mol. The normalized spacial score (nSPS) is 16.4. The van der Waals surface area contributed by atoms with Crippen LogP contribution in [0, 0.1) is 0 Å². The number of hydrogen-bond donors (Lipinski definition) is 1. The van der Waals surface area contributed by atoms with Crippen LogP contribution in [0.1, 0.15) is 55.8 Å². The van der Waals surface area contributed by atoms with Crippen molar-refractivity contribution in [3.63, 3.8) is 0 Å². The number of carbonyl (C=O) groups is 3. The smallest absolute Gasteiger partial charge is 0.303 e. The van der Waals surface area contributed by atoms with E-state index in [1.165, 1.54) is 0 Å². The van der Waals surface area contributed by atoms with Crippen LogP contribution in [0.2, 0.25) is 0 Å². The molecule has 4 aliphatic heterocycles. The zero-order valence-electron chi connectivity index (χ0n) is 40.1. The summed E-state index contributed by atoms with van der Waals surface area (Å²) in [5, 5.41) is 9.57. The molecule has 0 aliphatic carbocycles. The lowest BCUT2D eigenvalue weighted by molar-refractivity contribution is -0.137. The van der Waals surface area contributed by atoms with Crippen molar-refractivity contribution in [1.82, 2.24) is 0 Å². The molecule has 0 unspecified atom stereocenters. The first-order chi connectivity index (χ1) is 34.1. The predicted octanol–water partition coefficient (Wildman–Crippen LogP) is 7.52. The quantitative estimate of drug-likeness (QED) is 0.0679. The largest absolute Gasteiger partial charge is 0.493 e. The Morgan fingerprint density at radius 3 is 1.99 bits per heavy atom. The second-order valence-corrected chi connectivity index (χ2v) is 17.7. The van der Waals surface area contributed by atoms with Gasteiger partial charge in [0.2, 0.25) is 0 Å². The van der Waals surface area contributed by atoms with Gasteiger partial charge in [-0.05, 0) is 77.6 Å². The molecule has 16 heteroatoms. The number of fused-ring (bicyclic) bond motifs is 8. The minimum atomic E-state index is -0.876. The fraction of sp³-hybridized carbons (Fsp3) is 0.370. The number of rotatable bonds is 22. The number of carbonyl (C=O) groups excluding carboxylic acids is 2. The molecule has 0 aromatic heterocycles. The van der Waals surface area contributed by atoms with Gasteiger partial charge in [0.05, 0.1) is 81.8 Å². The molecule has 9 rings (SSSR count). The third-order valence-corrected chi connectivity index (χ3v) is 13.1. The number of likely N-dealkylation sites (N-methyl/N-ethyl adjacent to an activating group) is 1. The number of carboxylic acid groups (broad SMARTS) is 1. The Labute approximate surface area is 407 Å². The number of benzene rings is 5. The van der Waals surface area contributed by atoms with E-state index in [1.807, 2.05) is 84.9 Å². The second-order valence-electron chi connectivity index (χ2n) is 17.7. The number of amides is 2. The molecule has 4 aliphatic rings. The lowest BCUT2D eigenvalue weighted by Gasteiger charge is -2.26. The molecule has 0 fully saturated rings. The first-order valence-corrected chi connectivity index (χ1v) is 23.7. The van der Waals surface area contributed by atoms with E-state index in [4.69, 9.17) is 38.2 Å². The third kappa shape index (κ3) is 10.3. The lowest BCUT2D eigenvalue weighted by Crippen LogP contribution is -2.41. The number of nitrogens with zero attached hydrogens (tertiary/aromatic N) is 5. The molecule has 366 valence electrons. The van der Waals surface area contributed by atoms with E-state index in [0.29, 0.717) is 105 Å². The van der Waals surface area contributed by atoms with Gasteiger partial charge in [-0.15, -0.1) is 0 Å². The van der Waals surface area contributed by atoms with Crippen LogP contribution in [0.15, 0.2) is 96.0 Å². The summed E-state index contributed by atoms with van der Waals surface area (Å²) in [5.74, 6) is 0.566. The summed E-state index contributed by atoms with van der Waals surface area (Å²) in [7, 11) is 6.72. The van der Waals surface area contributed by atoms with Crippen molar-refractivity contribution in [2.75, 3.05) is 101 Å². The summed E-state index contributed by atoms with van der Waals surface area (Å²) in [6.45, 7) is 3.90. The summed E-state index contributed by atoms with van der Waals surface area (Å²) in [6.07, 6.45) is 3.67. The Kier molecular flexibility index (Phi) is 14.8. The summed E-state index contributed by atoms with van der Waals surface area (Å²) in [4.78, 5) is 52.8. The molecule has 0 bridgehead atoms. The highest BCUT2D eigenvalue weighted by molar-refractivity contribution is 6.15. The molecule has 5 aromatic rings. The molecule has 0 saturated carbocycles. The molecule has 5 aromatic carbocycles. The minimum Gasteiger partial charge on any atom is -0.493 e. The fourth-order valence-electron chi connectivity index (χ4n) is 9.77. The molecule has 2 atom stereocenters. The van der Waals surface area contributed by atoms with Gasteiger partial charge in [-0.25, -0.2) is 0 Å². The Morgan fingerprint density at radius 2 is 1.30 bits per heavy atom. The summed E-state index contributed by atoms with van der Waals surface area (Å²) >= 11 is 0. The first-order valence-electron chi connectivity index (χ1n) is 23.7. The van der Waals surface area contributed by atoms with Crippen LogP contribution in [0.3, 0.4) is 0 Å². The zero-order valence-corrected chi connectivity index (χ0v) is 40.1. The molecule has 16 nitrogen and oxygen atoms in total. The van der Waals surface area contributed by atoms with Gasteiger partial charge in [0.15, 0.2) is 23.0 Å². The highest BCUT2D eigenvalue weighted by Crippen LogP contribution is 2.44. The number of aliphatic carboxylic acids is 1. The van der Waals surface area contributed by atoms with Gasteiger partial charge in [0.1, 0.15) is 13.2 Å². The van der Waals surface area contributed by atoms with Gasteiger partial charge in [-0.1, -0.05) is 36.4 Å². The molecule has 0 spiro atoms. The average Bonchev–Trinajstić information content (AvgIpc) is 3.87. The van der Waals surface area contributed by atoms with E-state index >= 15 is 0 Å². The minimum absolute atomic E-state index is 0.00230. The first kappa shape index (κ1) is 47.9. The van der Waals surface area contributed by atoms with E-state index in [2.05, 4.69) is 15.9 Å². The van der Waals surface area contributed by atoms with Crippen LogP contribution < -0.4 is 38.5 Å². The molecule has 2 amide bonds. The van der Waals surface area contributed by atoms with E-state index in [0.717, 1.165) is 51.4 Å². The van der Waals surface area contributed by atoms with Crippen LogP contribution >= 0.6 is 0 Å². The lowest BCUT2D eigenvalue weighted by atomic mass is 10.1. The van der Waals surface area contributed by atoms with Crippen molar-refractivity contribution in [3.05, 3.63) is 124 Å². The maximum absolute atomic E-state index is 14.3. The number of aliphatic imine (C=N–C) groups is 1. The van der Waals surface area contributed by atoms with E-state index in [-0.39, 0.29) is 43.5 Å². The van der Waals surface area contributed by atoms with Gasteiger partial charge in [0.25, 0.3) is 11.8 Å². The Balaban J connectivity index is 0.994. The second kappa shape index (κ2) is 21.7. The van der Waals surface area contributed by atoms with Crippen molar-refractivity contribution in [3.8, 4) is 23.0 Å². The number of carboxylic acids is 1. The maximum Gasteiger partial charge on any atom is 0.303 e. The van der Waals surface area contributed by atoms with Crippen LogP contribution in [-0.4, -0.2) is 122 Å². The van der Waals surface area contributed by atoms with Crippen molar-refractivity contribution in [1.29, 1.82) is 0 Å². The molecule has 1 N–H and O–H groups in total. The Hall–Kier alpha value is -7.14. The van der Waals surface area contributed by atoms with Crippen molar-refractivity contribution in [2.24, 2.45) is 4.99 Å². The van der Waals surface area contributed by atoms with E-state index < -0.39 is 5.97 Å². The SMILES string of the molecule is COCCOCCOCCN(CCCC(=O)O)c1cc(COc2cc3c(cc2OC)C(=O)N2c4ccccc4C[C@H]2C=N3)cc(COc2cc3c(cc2OC)C(=O)N2c4ccccc4C[C@H]2CN3C)c1. The molecular formula is C54H59N5O11. The van der Waals surface area contributed by atoms with Crippen LogP contribution in [0.5, 0.6) is 23.0 Å². The van der Waals surface area contributed by atoms with Crippen LogP contribution in [0.25, 0.3) is 0 Å². The van der Waals surface area contributed by atoms with Crippen molar-refractivity contribution >= 4 is 52.4 Å². The van der Waals surface area contributed by atoms with Crippen LogP contribution in [0.4, 0.5) is 28.4 Å². The molecule has 0 saturated heterocycles. The standard InChI is InChI=1S/C54H59N5O11/c1-56-32-41-26-38-11-6-8-13-46(38)59(41)54(63)43-28-49(66-4)51(30-47(43)56)70-34-36-22-35(23-39(24-36)57(15-9-14-52(60)61)16-17-67-20-21-68-19-18-64-2)33-69-50-29-44-42(27-48(50)65-3)53(62)58-40(31-55-44)25-37-10-5-7-12-45(37)58/h5-8,10-13,22-24,27-31,40-41H,9,14-21,25-26,32-34H2,1-4H3,(H,60,61)/t40-,41-/m0/s1. The van der Waals surface area contributed by atoms with Crippen molar-refractivity contribution in [2.45, 2.75) is 51.0 Å². The number of anilines is 4. The number of ether oxygens (including phenoxy) is 7. The average molecular weight is 954 g/mol. The number of hydrogen-bond acceptors (Lipinski definition) is 13.